The highest BCUT2D eigenvalue weighted by Crippen LogP contribution is 2.35. The van der Waals surface area contributed by atoms with Crippen LogP contribution in [-0.4, -0.2) is 5.11 Å². The van der Waals surface area contributed by atoms with Gasteiger partial charge < -0.3 is 5.11 Å². The van der Waals surface area contributed by atoms with E-state index in [-0.39, 0.29) is 6.10 Å². The number of fused-ring (bicyclic) bond motifs is 1. The maximum absolute atomic E-state index is 10.3. The van der Waals surface area contributed by atoms with E-state index < -0.39 is 0 Å². The van der Waals surface area contributed by atoms with Crippen molar-refractivity contribution in [2.24, 2.45) is 5.92 Å². The van der Waals surface area contributed by atoms with Gasteiger partial charge in [0.25, 0.3) is 0 Å². The van der Waals surface area contributed by atoms with Crippen LogP contribution in [0.5, 0.6) is 0 Å². The van der Waals surface area contributed by atoms with Crippen LogP contribution in [0, 0.1) is 5.92 Å². The Morgan fingerprint density at radius 2 is 1.94 bits per heavy atom. The number of hydrogen-bond donors (Lipinski definition) is 1. The van der Waals surface area contributed by atoms with E-state index in [1.807, 2.05) is 11.3 Å². The summed E-state index contributed by atoms with van der Waals surface area (Å²) in [6.45, 7) is 4.45. The lowest BCUT2D eigenvalue weighted by molar-refractivity contribution is 0.144. The van der Waals surface area contributed by atoms with Crippen LogP contribution < -0.4 is 0 Å². The van der Waals surface area contributed by atoms with E-state index >= 15 is 0 Å². The molecule has 1 unspecified atom stereocenters. The maximum atomic E-state index is 10.3. The summed E-state index contributed by atoms with van der Waals surface area (Å²) in [5.41, 5.74) is 1.51. The van der Waals surface area contributed by atoms with Crippen molar-refractivity contribution in [3.63, 3.8) is 0 Å². The van der Waals surface area contributed by atoms with Crippen molar-refractivity contribution in [2.75, 3.05) is 0 Å². The van der Waals surface area contributed by atoms with Gasteiger partial charge in [-0.1, -0.05) is 26.7 Å². The van der Waals surface area contributed by atoms with Crippen molar-refractivity contribution in [1.29, 1.82) is 0 Å². The fraction of sp³-hybridized carbons (Fsp3) is 0.733. The molecule has 0 aliphatic heterocycles. The number of hydrogen-bond acceptors (Lipinski definition) is 2. The van der Waals surface area contributed by atoms with Crippen molar-refractivity contribution in [2.45, 2.75) is 64.9 Å². The van der Waals surface area contributed by atoms with Crippen molar-refractivity contribution < 1.29 is 5.11 Å². The standard InChI is InChI=1S/C15H24OS/c1-3-11(4-2)9-13(16)15-10-12-7-5-6-8-14(12)17-15/h10-11,13,16H,3-9H2,1-2H3. The molecule has 1 N–H and O–H groups in total. The average Bonchev–Trinajstić information content (AvgIpc) is 2.79. The lowest BCUT2D eigenvalue weighted by Gasteiger charge is -2.16. The molecule has 2 heteroatoms. The minimum Gasteiger partial charge on any atom is -0.388 e. The number of aryl methyl sites for hydroxylation is 2. The highest BCUT2D eigenvalue weighted by atomic mass is 32.1. The van der Waals surface area contributed by atoms with Gasteiger partial charge in [0.15, 0.2) is 0 Å². The van der Waals surface area contributed by atoms with Crippen molar-refractivity contribution in [3.05, 3.63) is 21.4 Å². The molecule has 0 saturated heterocycles. The van der Waals surface area contributed by atoms with Crippen molar-refractivity contribution in [1.82, 2.24) is 0 Å². The quantitative estimate of drug-likeness (QED) is 0.819. The average molecular weight is 252 g/mol. The molecule has 2 rings (SSSR count). The first-order valence-electron chi connectivity index (χ1n) is 7.04. The van der Waals surface area contributed by atoms with E-state index in [1.165, 1.54) is 53.8 Å². The summed E-state index contributed by atoms with van der Waals surface area (Å²) in [6.07, 6.45) is 8.18. The second-order valence-corrected chi connectivity index (χ2v) is 6.41. The van der Waals surface area contributed by atoms with Crippen molar-refractivity contribution >= 4 is 11.3 Å². The van der Waals surface area contributed by atoms with Crippen molar-refractivity contribution in [3.8, 4) is 0 Å². The first kappa shape index (κ1) is 13.1. The van der Waals surface area contributed by atoms with Gasteiger partial charge in [-0.15, -0.1) is 11.3 Å². The summed E-state index contributed by atoms with van der Waals surface area (Å²) < 4.78 is 0. The van der Waals surface area contributed by atoms with Gasteiger partial charge in [-0.05, 0) is 49.7 Å². The Morgan fingerprint density at radius 3 is 2.59 bits per heavy atom. The van der Waals surface area contributed by atoms with Crippen LogP contribution in [0.4, 0.5) is 0 Å². The number of rotatable bonds is 5. The molecule has 0 radical (unpaired) electrons. The van der Waals surface area contributed by atoms with E-state index in [9.17, 15) is 5.11 Å². The van der Waals surface area contributed by atoms with E-state index in [1.54, 1.807) is 0 Å². The summed E-state index contributed by atoms with van der Waals surface area (Å²) in [5.74, 6) is 0.670. The first-order chi connectivity index (χ1) is 8.24. The van der Waals surface area contributed by atoms with Gasteiger partial charge in [0.2, 0.25) is 0 Å². The minimum absolute atomic E-state index is 0.226. The SMILES string of the molecule is CCC(CC)CC(O)c1cc2c(s1)CCCC2. The lowest BCUT2D eigenvalue weighted by atomic mass is 9.94. The smallest absolute Gasteiger partial charge is 0.0884 e. The van der Waals surface area contributed by atoms with Gasteiger partial charge in [-0.3, -0.25) is 0 Å². The van der Waals surface area contributed by atoms with Crippen LogP contribution in [0.25, 0.3) is 0 Å². The molecular weight excluding hydrogens is 228 g/mol. The van der Waals surface area contributed by atoms with Gasteiger partial charge in [0.1, 0.15) is 0 Å². The zero-order chi connectivity index (χ0) is 12.3. The largest absolute Gasteiger partial charge is 0.388 e. The predicted molar refractivity (Wildman–Crippen MR) is 74.6 cm³/mol. The third-order valence-electron chi connectivity index (χ3n) is 4.06. The van der Waals surface area contributed by atoms with E-state index in [0.29, 0.717) is 5.92 Å². The molecule has 0 saturated carbocycles. The van der Waals surface area contributed by atoms with E-state index in [4.69, 9.17) is 0 Å². The predicted octanol–water partition coefficient (Wildman–Crippen LogP) is 4.49. The van der Waals surface area contributed by atoms with E-state index in [2.05, 4.69) is 19.9 Å². The maximum Gasteiger partial charge on any atom is 0.0884 e. The fourth-order valence-electron chi connectivity index (χ4n) is 2.73. The third-order valence-corrected chi connectivity index (χ3v) is 5.39. The topological polar surface area (TPSA) is 20.2 Å². The molecule has 1 aliphatic rings. The summed E-state index contributed by atoms with van der Waals surface area (Å²) in [7, 11) is 0. The zero-order valence-electron chi connectivity index (χ0n) is 11.0. The molecule has 0 bridgehead atoms. The highest BCUT2D eigenvalue weighted by molar-refractivity contribution is 7.12. The molecule has 1 aromatic heterocycles. The van der Waals surface area contributed by atoms with Crippen LogP contribution in [0.3, 0.4) is 0 Å². The summed E-state index contributed by atoms with van der Waals surface area (Å²) in [5, 5.41) is 10.3. The molecule has 1 aliphatic carbocycles. The van der Waals surface area contributed by atoms with Crippen LogP contribution in [0.2, 0.25) is 0 Å². The summed E-state index contributed by atoms with van der Waals surface area (Å²) in [4.78, 5) is 2.75. The Kier molecular flexibility index (Phi) is 4.63. The van der Waals surface area contributed by atoms with Gasteiger partial charge in [-0.2, -0.15) is 0 Å². The lowest BCUT2D eigenvalue weighted by Crippen LogP contribution is -2.04. The van der Waals surface area contributed by atoms with E-state index in [0.717, 1.165) is 6.42 Å². The minimum atomic E-state index is -0.226. The van der Waals surface area contributed by atoms with Gasteiger partial charge in [0, 0.05) is 9.75 Å². The van der Waals surface area contributed by atoms with Crippen LogP contribution in [0.15, 0.2) is 6.07 Å². The van der Waals surface area contributed by atoms with Crippen LogP contribution in [0.1, 0.15) is 67.4 Å². The Balaban J connectivity index is 2.03. The van der Waals surface area contributed by atoms with Gasteiger partial charge >= 0.3 is 0 Å². The fourth-order valence-corrected chi connectivity index (χ4v) is 3.99. The number of aliphatic hydroxyl groups excluding tert-OH is 1. The zero-order valence-corrected chi connectivity index (χ0v) is 11.9. The molecule has 1 aromatic rings. The summed E-state index contributed by atoms with van der Waals surface area (Å²) in [6, 6.07) is 2.27. The Morgan fingerprint density at radius 1 is 1.24 bits per heavy atom. The van der Waals surface area contributed by atoms with Crippen LogP contribution in [-0.2, 0) is 12.8 Å². The third kappa shape index (κ3) is 3.11. The molecule has 0 aromatic carbocycles. The molecule has 1 heterocycles. The molecule has 0 amide bonds. The Hall–Kier alpha value is -0.340. The Bertz CT molecular complexity index is 328. The van der Waals surface area contributed by atoms with Crippen LogP contribution >= 0.6 is 11.3 Å². The molecule has 96 valence electrons. The summed E-state index contributed by atoms with van der Waals surface area (Å²) >= 11 is 1.86. The number of aliphatic hydroxyl groups is 1. The first-order valence-corrected chi connectivity index (χ1v) is 7.85. The molecule has 1 atom stereocenters. The molecular formula is C15H24OS. The second kappa shape index (κ2) is 6.01. The molecule has 0 fully saturated rings. The molecule has 1 nitrogen and oxygen atoms in total. The second-order valence-electron chi connectivity index (χ2n) is 5.24. The Labute approximate surface area is 109 Å². The molecule has 17 heavy (non-hydrogen) atoms. The number of thiophene rings is 1. The monoisotopic (exact) mass is 252 g/mol. The molecule has 0 spiro atoms. The normalized spacial score (nSPS) is 17.2. The van der Waals surface area contributed by atoms with Gasteiger partial charge in [0.05, 0.1) is 6.10 Å². The highest BCUT2D eigenvalue weighted by Gasteiger charge is 2.19. The van der Waals surface area contributed by atoms with Gasteiger partial charge in [-0.25, -0.2) is 0 Å².